The molecule has 0 unspecified atom stereocenters. The smallest absolute Gasteiger partial charge is 0.122 e. The summed E-state index contributed by atoms with van der Waals surface area (Å²) in [5.41, 5.74) is 14.5. The summed E-state index contributed by atoms with van der Waals surface area (Å²) in [5, 5.41) is 15.0. The van der Waals surface area contributed by atoms with E-state index in [0.717, 1.165) is 34.8 Å². The van der Waals surface area contributed by atoms with Gasteiger partial charge in [0.25, 0.3) is 0 Å². The van der Waals surface area contributed by atoms with E-state index < -0.39 is 0 Å². The van der Waals surface area contributed by atoms with Crippen LogP contribution in [-0.4, -0.2) is 17.4 Å². The quantitative estimate of drug-likeness (QED) is 0.189. The van der Waals surface area contributed by atoms with Crippen LogP contribution in [-0.2, 0) is 13.2 Å². The highest BCUT2D eigenvalue weighted by Gasteiger charge is 2.06. The number of ether oxygens (including phenoxy) is 2. The standard InChI is InChI=1S/C25H28N4O2S/c1-2-11-32-23-13-17(15-30-21-7-3-19(4-8-21)24(26)27)12-18(14-23)16-31-22-9-5-20(6-10-22)25(28)29/h3-10,12-14H,2,11,15-16H2,1H3,(H3,26,27)(H3,28,29). The van der Waals surface area contributed by atoms with Crippen LogP contribution in [0.15, 0.2) is 71.6 Å². The lowest BCUT2D eigenvalue weighted by Crippen LogP contribution is -2.10. The molecule has 0 heterocycles. The van der Waals surface area contributed by atoms with Crippen molar-refractivity contribution in [2.45, 2.75) is 31.5 Å². The minimum Gasteiger partial charge on any atom is -0.489 e. The van der Waals surface area contributed by atoms with Crippen molar-refractivity contribution in [2.24, 2.45) is 11.5 Å². The van der Waals surface area contributed by atoms with Crippen molar-refractivity contribution < 1.29 is 9.47 Å². The molecule has 0 amide bonds. The van der Waals surface area contributed by atoms with Crippen LogP contribution in [0.5, 0.6) is 11.5 Å². The Bertz CT molecular complexity index is 987. The van der Waals surface area contributed by atoms with Crippen molar-refractivity contribution in [3.8, 4) is 11.5 Å². The van der Waals surface area contributed by atoms with E-state index in [4.69, 9.17) is 31.8 Å². The van der Waals surface area contributed by atoms with Gasteiger partial charge in [0.1, 0.15) is 36.4 Å². The van der Waals surface area contributed by atoms with Gasteiger partial charge >= 0.3 is 0 Å². The molecule has 32 heavy (non-hydrogen) atoms. The minimum atomic E-state index is 0.0396. The molecule has 0 bridgehead atoms. The zero-order valence-corrected chi connectivity index (χ0v) is 18.9. The van der Waals surface area contributed by atoms with Gasteiger partial charge in [0.05, 0.1) is 0 Å². The fourth-order valence-corrected chi connectivity index (χ4v) is 3.90. The lowest BCUT2D eigenvalue weighted by atomic mass is 10.1. The molecule has 0 saturated carbocycles. The van der Waals surface area contributed by atoms with E-state index in [1.165, 1.54) is 4.90 Å². The minimum absolute atomic E-state index is 0.0396. The predicted molar refractivity (Wildman–Crippen MR) is 131 cm³/mol. The number of thioether (sulfide) groups is 1. The Morgan fingerprint density at radius 1 is 0.750 bits per heavy atom. The maximum atomic E-state index is 7.48. The normalized spacial score (nSPS) is 10.5. The monoisotopic (exact) mass is 448 g/mol. The van der Waals surface area contributed by atoms with Crippen LogP contribution in [0, 0.1) is 10.8 Å². The number of nitrogen functional groups attached to an aromatic ring is 2. The van der Waals surface area contributed by atoms with Crippen molar-refractivity contribution in [1.29, 1.82) is 10.8 Å². The fraction of sp³-hybridized carbons (Fsp3) is 0.200. The highest BCUT2D eigenvalue weighted by Crippen LogP contribution is 2.25. The number of amidine groups is 2. The summed E-state index contributed by atoms with van der Waals surface area (Å²) >= 11 is 1.82. The molecule has 166 valence electrons. The van der Waals surface area contributed by atoms with Crippen LogP contribution in [0.25, 0.3) is 0 Å². The van der Waals surface area contributed by atoms with E-state index in [-0.39, 0.29) is 11.7 Å². The summed E-state index contributed by atoms with van der Waals surface area (Å²) in [6.45, 7) is 3.03. The van der Waals surface area contributed by atoms with Crippen molar-refractivity contribution in [3.05, 3.63) is 89.0 Å². The topological polar surface area (TPSA) is 118 Å². The summed E-state index contributed by atoms with van der Waals surface area (Å²) in [7, 11) is 0. The van der Waals surface area contributed by atoms with Gasteiger partial charge in [-0.1, -0.05) is 6.92 Å². The Balaban J connectivity index is 1.69. The molecule has 0 aliphatic carbocycles. The van der Waals surface area contributed by atoms with Gasteiger partial charge in [-0.3, -0.25) is 10.8 Å². The Morgan fingerprint density at radius 2 is 1.19 bits per heavy atom. The van der Waals surface area contributed by atoms with Gasteiger partial charge in [-0.05, 0) is 90.0 Å². The highest BCUT2D eigenvalue weighted by atomic mass is 32.2. The van der Waals surface area contributed by atoms with E-state index in [9.17, 15) is 0 Å². The van der Waals surface area contributed by atoms with E-state index in [1.807, 2.05) is 36.0 Å². The zero-order chi connectivity index (χ0) is 22.9. The van der Waals surface area contributed by atoms with Crippen LogP contribution < -0.4 is 20.9 Å². The van der Waals surface area contributed by atoms with E-state index in [2.05, 4.69) is 25.1 Å². The number of rotatable bonds is 11. The third-order valence-electron chi connectivity index (χ3n) is 4.64. The number of benzene rings is 3. The second-order valence-electron chi connectivity index (χ2n) is 7.29. The molecule has 0 aliphatic rings. The lowest BCUT2D eigenvalue weighted by Gasteiger charge is -2.12. The molecule has 0 aromatic heterocycles. The molecule has 6 nitrogen and oxygen atoms in total. The van der Waals surface area contributed by atoms with Crippen molar-refractivity contribution in [2.75, 3.05) is 5.75 Å². The molecule has 0 atom stereocenters. The second kappa shape index (κ2) is 11.2. The first-order valence-corrected chi connectivity index (χ1v) is 11.3. The number of hydrogen-bond donors (Lipinski definition) is 4. The second-order valence-corrected chi connectivity index (χ2v) is 8.46. The Kier molecular flexibility index (Phi) is 8.16. The zero-order valence-electron chi connectivity index (χ0n) is 18.1. The molecule has 0 fully saturated rings. The van der Waals surface area contributed by atoms with Gasteiger partial charge in [0, 0.05) is 16.0 Å². The van der Waals surface area contributed by atoms with Crippen LogP contribution in [0.3, 0.4) is 0 Å². The van der Waals surface area contributed by atoms with Crippen molar-refractivity contribution in [1.82, 2.24) is 0 Å². The lowest BCUT2D eigenvalue weighted by molar-refractivity contribution is 0.299. The van der Waals surface area contributed by atoms with Crippen molar-refractivity contribution >= 4 is 23.4 Å². The molecule has 0 saturated heterocycles. The van der Waals surface area contributed by atoms with Gasteiger partial charge in [-0.25, -0.2) is 0 Å². The van der Waals surface area contributed by atoms with Gasteiger partial charge in [0.15, 0.2) is 0 Å². The van der Waals surface area contributed by atoms with Gasteiger partial charge in [-0.15, -0.1) is 11.8 Å². The molecule has 3 aromatic carbocycles. The highest BCUT2D eigenvalue weighted by molar-refractivity contribution is 7.99. The van der Waals surface area contributed by atoms with Crippen LogP contribution in [0.2, 0.25) is 0 Å². The average molecular weight is 449 g/mol. The molecule has 6 N–H and O–H groups in total. The first-order valence-electron chi connectivity index (χ1n) is 10.3. The molecule has 0 radical (unpaired) electrons. The largest absolute Gasteiger partial charge is 0.489 e. The van der Waals surface area contributed by atoms with Crippen LogP contribution >= 0.6 is 11.8 Å². The van der Waals surface area contributed by atoms with Gasteiger partial charge < -0.3 is 20.9 Å². The number of nitrogens with two attached hydrogens (primary N) is 2. The Hall–Kier alpha value is -3.45. The molecule has 3 aromatic rings. The molecule has 0 spiro atoms. The first-order chi connectivity index (χ1) is 15.4. The van der Waals surface area contributed by atoms with Gasteiger partial charge in [0.2, 0.25) is 0 Å². The Labute approximate surface area is 193 Å². The SMILES string of the molecule is CCCSc1cc(COc2ccc(C(=N)N)cc2)cc(COc2ccc(C(=N)N)cc2)c1. The maximum Gasteiger partial charge on any atom is 0.122 e. The summed E-state index contributed by atoms with van der Waals surface area (Å²) < 4.78 is 11.9. The average Bonchev–Trinajstić information content (AvgIpc) is 2.80. The Morgan fingerprint density at radius 3 is 1.56 bits per heavy atom. The number of hydrogen-bond acceptors (Lipinski definition) is 5. The maximum absolute atomic E-state index is 7.48. The summed E-state index contributed by atoms with van der Waals surface area (Å²) in [6, 6.07) is 20.8. The fourth-order valence-electron chi connectivity index (χ4n) is 2.99. The molecule has 0 aliphatic heterocycles. The summed E-state index contributed by atoms with van der Waals surface area (Å²) in [4.78, 5) is 1.19. The predicted octanol–water partition coefficient (Wildman–Crippen LogP) is 4.91. The van der Waals surface area contributed by atoms with Crippen LogP contribution in [0.4, 0.5) is 0 Å². The van der Waals surface area contributed by atoms with E-state index in [0.29, 0.717) is 24.3 Å². The molecular weight excluding hydrogens is 420 g/mol. The van der Waals surface area contributed by atoms with E-state index in [1.54, 1.807) is 24.3 Å². The molecular formula is C25H28N4O2S. The summed E-state index contributed by atoms with van der Waals surface area (Å²) in [6.07, 6.45) is 1.10. The number of nitrogens with one attached hydrogen (secondary N) is 2. The third-order valence-corrected chi connectivity index (χ3v) is 5.82. The van der Waals surface area contributed by atoms with Crippen LogP contribution in [0.1, 0.15) is 35.6 Å². The first kappa shape index (κ1) is 23.2. The van der Waals surface area contributed by atoms with Gasteiger partial charge in [-0.2, -0.15) is 0 Å². The molecule has 7 heteroatoms. The summed E-state index contributed by atoms with van der Waals surface area (Å²) in [5.74, 6) is 2.58. The van der Waals surface area contributed by atoms with Crippen molar-refractivity contribution in [3.63, 3.8) is 0 Å². The van der Waals surface area contributed by atoms with E-state index >= 15 is 0 Å². The molecule has 3 rings (SSSR count). The third kappa shape index (κ3) is 6.78.